The molecule has 0 aliphatic carbocycles. The number of allylic oxidation sites excluding steroid dienone is 1. The van der Waals surface area contributed by atoms with Gasteiger partial charge < -0.3 is 10.1 Å². The molecule has 150 valence electrons. The zero-order valence-corrected chi connectivity index (χ0v) is 16.4. The van der Waals surface area contributed by atoms with Gasteiger partial charge in [0.25, 0.3) is 0 Å². The molecule has 0 unspecified atom stereocenters. The van der Waals surface area contributed by atoms with Crippen molar-refractivity contribution in [2.45, 2.75) is 12.7 Å². The van der Waals surface area contributed by atoms with E-state index in [1.54, 1.807) is 12.1 Å². The van der Waals surface area contributed by atoms with Crippen molar-refractivity contribution in [1.82, 2.24) is 9.55 Å². The molecule has 1 aromatic heterocycles. The fourth-order valence-corrected chi connectivity index (χ4v) is 3.82. The van der Waals surface area contributed by atoms with Crippen LogP contribution in [0.15, 0.2) is 78.9 Å². The van der Waals surface area contributed by atoms with Gasteiger partial charge >= 0.3 is 6.61 Å². The number of nitrogens with one attached hydrogen (secondary N) is 1. The maximum Gasteiger partial charge on any atom is 0.387 e. The number of rotatable bonds is 4. The van der Waals surface area contributed by atoms with Gasteiger partial charge in [0.2, 0.25) is 5.95 Å². The molecule has 0 saturated carbocycles. The number of fused-ring (bicyclic) bond motifs is 3. The van der Waals surface area contributed by atoms with Gasteiger partial charge in [-0.25, -0.2) is 4.98 Å². The summed E-state index contributed by atoms with van der Waals surface area (Å²) in [6.07, 6.45) is 2.09. The Morgan fingerprint density at radius 1 is 0.967 bits per heavy atom. The van der Waals surface area contributed by atoms with Crippen LogP contribution in [0.25, 0.3) is 16.7 Å². The lowest BCUT2D eigenvalue weighted by Gasteiger charge is -2.26. The summed E-state index contributed by atoms with van der Waals surface area (Å²) in [5.41, 5.74) is 4.63. The van der Waals surface area contributed by atoms with E-state index in [1.165, 1.54) is 12.1 Å². The molecule has 1 aliphatic rings. The second-order valence-corrected chi connectivity index (χ2v) is 7.34. The van der Waals surface area contributed by atoms with Crippen LogP contribution in [0.3, 0.4) is 0 Å². The molecular weight excluding hydrogens is 408 g/mol. The van der Waals surface area contributed by atoms with Crippen LogP contribution >= 0.6 is 11.6 Å². The number of hydrogen-bond donors (Lipinski definition) is 1. The van der Waals surface area contributed by atoms with E-state index in [1.807, 2.05) is 48.5 Å². The fourth-order valence-electron chi connectivity index (χ4n) is 3.70. The minimum atomic E-state index is -2.85. The van der Waals surface area contributed by atoms with Gasteiger partial charge in [0.15, 0.2) is 0 Å². The van der Waals surface area contributed by atoms with Gasteiger partial charge in [0, 0.05) is 10.7 Å². The van der Waals surface area contributed by atoms with Gasteiger partial charge in [0.1, 0.15) is 5.75 Å². The summed E-state index contributed by atoms with van der Waals surface area (Å²) in [6.45, 7) is -2.85. The normalized spacial score (nSPS) is 15.6. The Bertz CT molecular complexity index is 1230. The third-order valence-corrected chi connectivity index (χ3v) is 5.30. The molecule has 1 aliphatic heterocycles. The minimum absolute atomic E-state index is 0.113. The number of halogens is 3. The minimum Gasteiger partial charge on any atom is -0.435 e. The van der Waals surface area contributed by atoms with Crippen molar-refractivity contribution in [3.05, 3.63) is 95.0 Å². The van der Waals surface area contributed by atoms with Gasteiger partial charge in [-0.3, -0.25) is 4.57 Å². The molecule has 0 saturated heterocycles. The van der Waals surface area contributed by atoms with E-state index >= 15 is 0 Å². The molecule has 0 amide bonds. The second kappa shape index (κ2) is 7.46. The molecule has 30 heavy (non-hydrogen) atoms. The number of alkyl halides is 2. The number of imidazole rings is 1. The van der Waals surface area contributed by atoms with E-state index in [-0.39, 0.29) is 11.8 Å². The summed E-state index contributed by atoms with van der Waals surface area (Å²) in [5.74, 6) is 0.827. The summed E-state index contributed by atoms with van der Waals surface area (Å²) in [5, 5.41) is 4.04. The largest absolute Gasteiger partial charge is 0.435 e. The highest BCUT2D eigenvalue weighted by Crippen LogP contribution is 2.37. The molecule has 5 rings (SSSR count). The number of para-hydroxylation sites is 2. The first-order chi connectivity index (χ1) is 14.6. The Labute approximate surface area is 176 Å². The van der Waals surface area contributed by atoms with Crippen molar-refractivity contribution >= 4 is 34.3 Å². The van der Waals surface area contributed by atoms with E-state index in [0.29, 0.717) is 11.0 Å². The lowest BCUT2D eigenvalue weighted by molar-refractivity contribution is -0.0498. The topological polar surface area (TPSA) is 39.1 Å². The number of ether oxygens (including phenoxy) is 1. The van der Waals surface area contributed by atoms with Crippen molar-refractivity contribution in [3.63, 3.8) is 0 Å². The number of aromatic nitrogens is 2. The smallest absolute Gasteiger partial charge is 0.387 e. The molecular formula is C23H16ClF2N3O. The summed E-state index contributed by atoms with van der Waals surface area (Å²) < 4.78 is 31.5. The first kappa shape index (κ1) is 18.6. The maximum absolute atomic E-state index is 12.4. The molecule has 1 atom stereocenters. The maximum atomic E-state index is 12.4. The average Bonchev–Trinajstić information content (AvgIpc) is 3.12. The van der Waals surface area contributed by atoms with Gasteiger partial charge in [-0.15, -0.1) is 0 Å². The molecule has 0 spiro atoms. The number of nitrogens with zero attached hydrogens (tertiary/aromatic N) is 2. The first-order valence-electron chi connectivity index (χ1n) is 9.35. The van der Waals surface area contributed by atoms with Crippen LogP contribution in [0.5, 0.6) is 5.75 Å². The fraction of sp³-hybridized carbons (Fsp3) is 0.0870. The molecule has 3 aromatic carbocycles. The van der Waals surface area contributed by atoms with E-state index in [9.17, 15) is 8.78 Å². The first-order valence-corrected chi connectivity index (χ1v) is 9.73. The Morgan fingerprint density at radius 3 is 2.43 bits per heavy atom. The van der Waals surface area contributed by atoms with E-state index in [2.05, 4.69) is 20.7 Å². The molecule has 7 heteroatoms. The van der Waals surface area contributed by atoms with E-state index in [0.717, 1.165) is 27.9 Å². The monoisotopic (exact) mass is 423 g/mol. The van der Waals surface area contributed by atoms with Gasteiger partial charge in [0.05, 0.1) is 17.1 Å². The van der Waals surface area contributed by atoms with Crippen molar-refractivity contribution in [1.29, 1.82) is 0 Å². The summed E-state index contributed by atoms with van der Waals surface area (Å²) in [7, 11) is 0. The van der Waals surface area contributed by atoms with Crippen molar-refractivity contribution < 1.29 is 13.5 Å². The molecule has 0 radical (unpaired) electrons. The Balaban J connectivity index is 1.60. The standard InChI is InChI=1S/C23H16ClF2N3O/c24-16-9-5-15(6-10-16)21-13-19(14-7-11-17(12-8-14)30-22(25)26)28-23-27-18-3-1-2-4-20(18)29(21)23/h1-13,21-22H,(H,27,28)/t21-/m0/s1. The second-order valence-electron chi connectivity index (χ2n) is 6.90. The van der Waals surface area contributed by atoms with Crippen molar-refractivity contribution in [3.8, 4) is 5.75 Å². The molecule has 4 aromatic rings. The SMILES string of the molecule is FC(F)Oc1ccc(C2=C[C@@H](c3ccc(Cl)cc3)n3c(nc4ccccc43)N2)cc1. The summed E-state index contributed by atoms with van der Waals surface area (Å²) in [4.78, 5) is 4.74. The predicted octanol–water partition coefficient (Wildman–Crippen LogP) is 6.35. The van der Waals surface area contributed by atoms with Crippen LogP contribution in [0, 0.1) is 0 Å². The van der Waals surface area contributed by atoms with Gasteiger partial charge in [-0.05, 0) is 65.7 Å². The van der Waals surface area contributed by atoms with Crippen LogP contribution in [0.2, 0.25) is 5.02 Å². The number of hydrogen-bond acceptors (Lipinski definition) is 3. The van der Waals surface area contributed by atoms with Crippen LogP contribution in [-0.4, -0.2) is 16.2 Å². The average molecular weight is 424 g/mol. The quantitative estimate of drug-likeness (QED) is 0.416. The zero-order chi connectivity index (χ0) is 20.7. The Morgan fingerprint density at radius 2 is 1.70 bits per heavy atom. The third kappa shape index (κ3) is 3.39. The highest BCUT2D eigenvalue weighted by molar-refractivity contribution is 6.30. The number of benzene rings is 3. The van der Waals surface area contributed by atoms with Crippen LogP contribution < -0.4 is 10.1 Å². The van der Waals surface area contributed by atoms with Gasteiger partial charge in [-0.2, -0.15) is 8.78 Å². The zero-order valence-electron chi connectivity index (χ0n) is 15.6. The van der Waals surface area contributed by atoms with Crippen molar-refractivity contribution in [2.24, 2.45) is 0 Å². The molecule has 4 nitrogen and oxygen atoms in total. The van der Waals surface area contributed by atoms with Crippen LogP contribution in [-0.2, 0) is 0 Å². The van der Waals surface area contributed by atoms with Crippen molar-refractivity contribution in [2.75, 3.05) is 5.32 Å². The summed E-state index contributed by atoms with van der Waals surface area (Å²) in [6, 6.07) is 22.1. The lowest BCUT2D eigenvalue weighted by Crippen LogP contribution is -2.19. The molecule has 2 heterocycles. The van der Waals surface area contributed by atoms with E-state index in [4.69, 9.17) is 16.6 Å². The number of anilines is 1. The molecule has 0 fully saturated rings. The molecule has 1 N–H and O–H groups in total. The highest BCUT2D eigenvalue weighted by atomic mass is 35.5. The third-order valence-electron chi connectivity index (χ3n) is 5.05. The summed E-state index contributed by atoms with van der Waals surface area (Å²) >= 11 is 6.09. The van der Waals surface area contributed by atoms with Crippen LogP contribution in [0.4, 0.5) is 14.7 Å². The molecule has 0 bridgehead atoms. The Hall–Kier alpha value is -3.38. The van der Waals surface area contributed by atoms with Gasteiger partial charge in [-0.1, -0.05) is 35.9 Å². The van der Waals surface area contributed by atoms with Crippen LogP contribution in [0.1, 0.15) is 17.2 Å². The highest BCUT2D eigenvalue weighted by Gasteiger charge is 2.25. The predicted molar refractivity (Wildman–Crippen MR) is 114 cm³/mol. The Kier molecular flexibility index (Phi) is 4.64. The lowest BCUT2D eigenvalue weighted by atomic mass is 10.0. The van der Waals surface area contributed by atoms with E-state index < -0.39 is 6.61 Å².